The minimum Gasteiger partial charge on any atom is -0.370 e. The molecule has 2 aliphatic heterocycles. The highest BCUT2D eigenvalue weighted by Gasteiger charge is 2.25. The first-order chi connectivity index (χ1) is 14.1. The lowest BCUT2D eigenvalue weighted by Crippen LogP contribution is -2.34. The smallest absolute Gasteiger partial charge is 0.217 e. The summed E-state index contributed by atoms with van der Waals surface area (Å²) in [5.41, 5.74) is 7.74. The fraction of sp³-hybridized carbons (Fsp3) is 0.652. The lowest BCUT2D eigenvalue weighted by molar-refractivity contribution is -0.118. The van der Waals surface area contributed by atoms with E-state index in [0.717, 1.165) is 37.7 Å². The number of carbonyl (C=O) groups is 1. The van der Waals surface area contributed by atoms with Crippen molar-refractivity contribution in [2.24, 2.45) is 11.7 Å². The molecule has 2 aromatic rings. The molecular weight excluding hydrogens is 433 g/mol. The van der Waals surface area contributed by atoms with Gasteiger partial charge in [-0.25, -0.2) is 4.98 Å². The standard InChI is InChI=1S/C23H35N5O.2ClH/c1-27-11-5-7-21(27)20-14-18-16-25-23(15-19(18)26-20)28-12-9-17(10-13-28)6-3-2-4-8-22(24)29;;/h14-17,21,26H,2-13H2,1H3,(H2,24,29);2*1H/t21-;;/m1../s1. The zero-order valence-corrected chi connectivity index (χ0v) is 20.1. The van der Waals surface area contributed by atoms with Crippen LogP contribution in [0.4, 0.5) is 5.82 Å². The summed E-state index contributed by atoms with van der Waals surface area (Å²) < 4.78 is 0. The van der Waals surface area contributed by atoms with E-state index in [9.17, 15) is 4.79 Å². The van der Waals surface area contributed by atoms with Crippen molar-refractivity contribution < 1.29 is 4.79 Å². The van der Waals surface area contributed by atoms with E-state index in [4.69, 9.17) is 10.7 Å². The number of pyridine rings is 1. The number of halogens is 2. The molecule has 0 aromatic carbocycles. The second-order valence-electron chi connectivity index (χ2n) is 8.99. The van der Waals surface area contributed by atoms with Gasteiger partial charge in [0, 0.05) is 48.9 Å². The van der Waals surface area contributed by atoms with Crippen LogP contribution in [0, 0.1) is 5.92 Å². The Bertz CT molecular complexity index is 834. The van der Waals surface area contributed by atoms with E-state index in [1.165, 1.54) is 61.7 Å². The van der Waals surface area contributed by atoms with Gasteiger partial charge in [-0.05, 0) is 57.7 Å². The quantitative estimate of drug-likeness (QED) is 0.542. The number of likely N-dealkylation sites (tertiary alicyclic amines) is 1. The lowest BCUT2D eigenvalue weighted by Gasteiger charge is -2.32. The molecule has 0 bridgehead atoms. The second kappa shape index (κ2) is 11.9. The fourth-order valence-corrected chi connectivity index (χ4v) is 5.05. The number of carbonyl (C=O) groups excluding carboxylic acids is 1. The van der Waals surface area contributed by atoms with Crippen LogP contribution in [0.15, 0.2) is 18.3 Å². The summed E-state index contributed by atoms with van der Waals surface area (Å²) >= 11 is 0. The number of amides is 1. The SMILES string of the molecule is CN1CCC[C@@H]1c1cc2cnc(N3CCC(CCCCCC(N)=O)CC3)cc2[nH]1.Cl.Cl. The number of H-pyrrole nitrogens is 1. The van der Waals surface area contributed by atoms with E-state index < -0.39 is 0 Å². The molecule has 1 atom stereocenters. The molecule has 8 heteroatoms. The average Bonchev–Trinajstić information content (AvgIpc) is 3.33. The third kappa shape index (κ3) is 6.50. The zero-order chi connectivity index (χ0) is 20.2. The van der Waals surface area contributed by atoms with Crippen LogP contribution in [-0.4, -0.2) is 47.5 Å². The number of primary amides is 1. The molecule has 2 saturated heterocycles. The minimum absolute atomic E-state index is 0. The summed E-state index contributed by atoms with van der Waals surface area (Å²) in [7, 11) is 2.22. The number of rotatable bonds is 8. The lowest BCUT2D eigenvalue weighted by atomic mass is 9.91. The number of aromatic nitrogens is 2. The first-order valence-corrected chi connectivity index (χ1v) is 11.3. The van der Waals surface area contributed by atoms with Crippen molar-refractivity contribution >= 4 is 47.4 Å². The summed E-state index contributed by atoms with van der Waals surface area (Å²) in [4.78, 5) is 24.1. The molecule has 4 heterocycles. The van der Waals surface area contributed by atoms with Gasteiger partial charge in [-0.3, -0.25) is 9.69 Å². The van der Waals surface area contributed by atoms with Crippen LogP contribution in [0.3, 0.4) is 0 Å². The van der Waals surface area contributed by atoms with Crippen molar-refractivity contribution in [3.8, 4) is 0 Å². The van der Waals surface area contributed by atoms with Gasteiger partial charge in [0.05, 0.1) is 5.52 Å². The number of hydrogen-bond donors (Lipinski definition) is 2. The Morgan fingerprint density at radius 3 is 2.58 bits per heavy atom. The molecule has 0 unspecified atom stereocenters. The highest BCUT2D eigenvalue weighted by molar-refractivity contribution is 5.85. The van der Waals surface area contributed by atoms with Crippen LogP contribution in [0.5, 0.6) is 0 Å². The number of fused-ring (bicyclic) bond motifs is 1. The molecular formula is C23H37Cl2N5O. The second-order valence-corrected chi connectivity index (χ2v) is 8.99. The van der Waals surface area contributed by atoms with Crippen LogP contribution >= 0.6 is 24.8 Å². The maximum atomic E-state index is 10.8. The molecule has 6 nitrogen and oxygen atoms in total. The van der Waals surface area contributed by atoms with Gasteiger partial charge >= 0.3 is 0 Å². The number of piperidine rings is 1. The van der Waals surface area contributed by atoms with Gasteiger partial charge in [0.2, 0.25) is 5.91 Å². The largest absolute Gasteiger partial charge is 0.370 e. The summed E-state index contributed by atoms with van der Waals surface area (Å²) in [6.07, 6.45) is 12.1. The van der Waals surface area contributed by atoms with E-state index in [1.807, 2.05) is 6.20 Å². The van der Waals surface area contributed by atoms with E-state index in [0.29, 0.717) is 12.5 Å². The third-order valence-corrected chi connectivity index (χ3v) is 6.86. The van der Waals surface area contributed by atoms with Crippen LogP contribution < -0.4 is 10.6 Å². The molecule has 2 aromatic heterocycles. The molecule has 2 fully saturated rings. The summed E-state index contributed by atoms with van der Waals surface area (Å²) in [6, 6.07) is 5.03. The first-order valence-electron chi connectivity index (χ1n) is 11.3. The number of anilines is 1. The van der Waals surface area contributed by atoms with Crippen molar-refractivity contribution in [3.63, 3.8) is 0 Å². The molecule has 3 N–H and O–H groups in total. The normalized spacial score (nSPS) is 19.9. The Balaban J connectivity index is 0.00000171. The molecule has 4 rings (SSSR count). The monoisotopic (exact) mass is 469 g/mol. The molecule has 1 amide bonds. The average molecular weight is 470 g/mol. The van der Waals surface area contributed by atoms with Crippen molar-refractivity contribution in [2.75, 3.05) is 31.6 Å². The molecule has 2 aliphatic rings. The number of nitrogens with two attached hydrogens (primary N) is 1. The third-order valence-electron chi connectivity index (χ3n) is 6.86. The number of nitrogens with one attached hydrogen (secondary N) is 1. The minimum atomic E-state index is -0.174. The van der Waals surface area contributed by atoms with E-state index in [1.54, 1.807) is 0 Å². The number of hydrogen-bond acceptors (Lipinski definition) is 4. The molecule has 174 valence electrons. The fourth-order valence-electron chi connectivity index (χ4n) is 5.05. The van der Waals surface area contributed by atoms with Gasteiger partial charge in [-0.15, -0.1) is 24.8 Å². The van der Waals surface area contributed by atoms with E-state index >= 15 is 0 Å². The maximum Gasteiger partial charge on any atom is 0.217 e. The highest BCUT2D eigenvalue weighted by atomic mass is 35.5. The summed E-state index contributed by atoms with van der Waals surface area (Å²) in [5, 5.41) is 1.22. The predicted octanol–water partition coefficient (Wildman–Crippen LogP) is 4.83. The molecule has 0 spiro atoms. The number of nitrogens with zero attached hydrogens (tertiary/aromatic N) is 3. The van der Waals surface area contributed by atoms with Gasteiger partial charge in [0.15, 0.2) is 0 Å². The summed E-state index contributed by atoms with van der Waals surface area (Å²) in [5.74, 6) is 1.73. The Morgan fingerprint density at radius 2 is 1.90 bits per heavy atom. The van der Waals surface area contributed by atoms with Gasteiger partial charge in [-0.2, -0.15) is 0 Å². The highest BCUT2D eigenvalue weighted by Crippen LogP contribution is 2.33. The Morgan fingerprint density at radius 1 is 1.13 bits per heavy atom. The Hall–Kier alpha value is -1.50. The van der Waals surface area contributed by atoms with Crippen LogP contribution in [-0.2, 0) is 4.79 Å². The van der Waals surface area contributed by atoms with Gasteiger partial charge in [-0.1, -0.05) is 19.3 Å². The Kier molecular flexibility index (Phi) is 9.91. The summed E-state index contributed by atoms with van der Waals surface area (Å²) in [6.45, 7) is 3.36. The van der Waals surface area contributed by atoms with Crippen molar-refractivity contribution in [2.45, 2.75) is 63.8 Å². The van der Waals surface area contributed by atoms with Crippen molar-refractivity contribution in [3.05, 3.63) is 24.0 Å². The van der Waals surface area contributed by atoms with Crippen LogP contribution in [0.25, 0.3) is 10.9 Å². The van der Waals surface area contributed by atoms with Gasteiger partial charge in [0.25, 0.3) is 0 Å². The van der Waals surface area contributed by atoms with E-state index in [2.05, 4.69) is 34.0 Å². The maximum absolute atomic E-state index is 10.8. The van der Waals surface area contributed by atoms with Crippen LogP contribution in [0.2, 0.25) is 0 Å². The first kappa shape index (κ1) is 25.8. The molecule has 31 heavy (non-hydrogen) atoms. The van der Waals surface area contributed by atoms with Crippen LogP contribution in [0.1, 0.15) is 69.5 Å². The molecule has 0 radical (unpaired) electrons. The van der Waals surface area contributed by atoms with Gasteiger partial charge < -0.3 is 15.6 Å². The van der Waals surface area contributed by atoms with E-state index in [-0.39, 0.29) is 30.7 Å². The zero-order valence-electron chi connectivity index (χ0n) is 18.5. The topological polar surface area (TPSA) is 78.2 Å². The van der Waals surface area contributed by atoms with Gasteiger partial charge in [0.1, 0.15) is 5.82 Å². The van der Waals surface area contributed by atoms with Crippen molar-refractivity contribution in [1.82, 2.24) is 14.9 Å². The number of aromatic amines is 1. The Labute approximate surface area is 198 Å². The van der Waals surface area contributed by atoms with Crippen molar-refractivity contribution in [1.29, 1.82) is 0 Å². The predicted molar refractivity (Wildman–Crippen MR) is 132 cm³/mol. The molecule has 0 aliphatic carbocycles. The number of unbranched alkanes of at least 4 members (excludes halogenated alkanes) is 2. The molecule has 0 saturated carbocycles.